The first-order chi connectivity index (χ1) is 8.72. The Bertz CT molecular complexity index is 363. The van der Waals surface area contributed by atoms with E-state index in [-0.39, 0.29) is 0 Å². The Kier molecular flexibility index (Phi) is 4.61. The van der Waals surface area contributed by atoms with Gasteiger partial charge in [-0.2, -0.15) is 0 Å². The highest BCUT2D eigenvalue weighted by Gasteiger charge is 2.24. The molecular formula is C15H24N2O. The van der Waals surface area contributed by atoms with E-state index < -0.39 is 0 Å². The molecule has 1 aliphatic rings. The Morgan fingerprint density at radius 1 is 1.33 bits per heavy atom. The molecule has 0 bridgehead atoms. The first kappa shape index (κ1) is 13.4. The fourth-order valence-electron chi connectivity index (χ4n) is 2.66. The number of likely N-dealkylation sites (tertiary alicyclic amines) is 1. The van der Waals surface area contributed by atoms with Crippen molar-refractivity contribution in [1.29, 1.82) is 0 Å². The number of hydrogen-bond donors (Lipinski definition) is 1. The zero-order chi connectivity index (χ0) is 13.0. The van der Waals surface area contributed by atoms with Gasteiger partial charge in [0.2, 0.25) is 0 Å². The van der Waals surface area contributed by atoms with Crippen molar-refractivity contribution >= 4 is 0 Å². The molecule has 1 aromatic carbocycles. The van der Waals surface area contributed by atoms with Crippen molar-refractivity contribution in [3.05, 3.63) is 29.8 Å². The van der Waals surface area contributed by atoms with Crippen LogP contribution in [0.25, 0.3) is 0 Å². The third kappa shape index (κ3) is 3.24. The van der Waals surface area contributed by atoms with E-state index in [1.165, 1.54) is 18.5 Å². The van der Waals surface area contributed by atoms with Gasteiger partial charge in [0.1, 0.15) is 5.75 Å². The summed E-state index contributed by atoms with van der Waals surface area (Å²) in [5.41, 5.74) is 7.19. The summed E-state index contributed by atoms with van der Waals surface area (Å²) in [6.07, 6.45) is 1.26. The van der Waals surface area contributed by atoms with Crippen LogP contribution in [0.3, 0.4) is 0 Å². The lowest BCUT2D eigenvalue weighted by Crippen LogP contribution is -2.42. The lowest BCUT2D eigenvalue weighted by atomic mass is 9.87. The van der Waals surface area contributed by atoms with Crippen molar-refractivity contribution < 1.29 is 4.74 Å². The molecule has 1 saturated heterocycles. The second-order valence-electron chi connectivity index (χ2n) is 5.34. The third-order valence-corrected chi connectivity index (χ3v) is 4.07. The number of benzene rings is 1. The minimum atomic E-state index is 0.650. The monoisotopic (exact) mass is 248 g/mol. The van der Waals surface area contributed by atoms with E-state index in [4.69, 9.17) is 10.5 Å². The smallest absolute Gasteiger partial charge is 0.118 e. The van der Waals surface area contributed by atoms with E-state index >= 15 is 0 Å². The van der Waals surface area contributed by atoms with Gasteiger partial charge in [0.25, 0.3) is 0 Å². The van der Waals surface area contributed by atoms with Crippen LogP contribution in [0.1, 0.15) is 18.9 Å². The molecule has 0 saturated carbocycles. The lowest BCUT2D eigenvalue weighted by molar-refractivity contribution is 0.126. The van der Waals surface area contributed by atoms with Crippen LogP contribution >= 0.6 is 0 Å². The lowest BCUT2D eigenvalue weighted by Gasteiger charge is -2.36. The number of methoxy groups -OCH3 is 1. The van der Waals surface area contributed by atoms with Crippen LogP contribution in [0.2, 0.25) is 0 Å². The summed E-state index contributed by atoms with van der Waals surface area (Å²) >= 11 is 0. The summed E-state index contributed by atoms with van der Waals surface area (Å²) in [7, 11) is 1.70. The molecule has 0 amide bonds. The van der Waals surface area contributed by atoms with Crippen molar-refractivity contribution in [1.82, 2.24) is 4.90 Å². The molecule has 0 aromatic heterocycles. The van der Waals surface area contributed by atoms with Crippen LogP contribution in [0.15, 0.2) is 24.3 Å². The molecule has 100 valence electrons. The molecule has 1 heterocycles. The van der Waals surface area contributed by atoms with Gasteiger partial charge >= 0.3 is 0 Å². The summed E-state index contributed by atoms with van der Waals surface area (Å²) in [4.78, 5) is 2.51. The van der Waals surface area contributed by atoms with Gasteiger partial charge in [0.05, 0.1) is 7.11 Å². The predicted molar refractivity (Wildman–Crippen MR) is 74.6 cm³/mol. The Labute approximate surface area is 110 Å². The number of nitrogens with zero attached hydrogens (tertiary/aromatic N) is 1. The summed E-state index contributed by atoms with van der Waals surface area (Å²) in [6, 6.07) is 8.35. The SMILES string of the molecule is COc1ccc(CN2CCC(C)C(CN)C2)cc1. The van der Waals surface area contributed by atoms with E-state index in [0.29, 0.717) is 5.92 Å². The van der Waals surface area contributed by atoms with Gasteiger partial charge in [-0.25, -0.2) is 0 Å². The molecule has 2 N–H and O–H groups in total. The van der Waals surface area contributed by atoms with Crippen LogP contribution < -0.4 is 10.5 Å². The fourth-order valence-corrected chi connectivity index (χ4v) is 2.66. The van der Waals surface area contributed by atoms with Gasteiger partial charge in [0, 0.05) is 13.1 Å². The quantitative estimate of drug-likeness (QED) is 0.887. The summed E-state index contributed by atoms with van der Waals surface area (Å²) < 4.78 is 5.18. The second-order valence-corrected chi connectivity index (χ2v) is 5.34. The van der Waals surface area contributed by atoms with Crippen molar-refractivity contribution in [2.24, 2.45) is 17.6 Å². The maximum atomic E-state index is 5.84. The van der Waals surface area contributed by atoms with Gasteiger partial charge in [-0.3, -0.25) is 4.90 Å². The van der Waals surface area contributed by atoms with E-state index in [2.05, 4.69) is 24.0 Å². The average molecular weight is 248 g/mol. The Morgan fingerprint density at radius 2 is 2.06 bits per heavy atom. The second kappa shape index (κ2) is 6.21. The fraction of sp³-hybridized carbons (Fsp3) is 0.600. The molecule has 18 heavy (non-hydrogen) atoms. The number of piperidine rings is 1. The third-order valence-electron chi connectivity index (χ3n) is 4.07. The zero-order valence-electron chi connectivity index (χ0n) is 11.4. The molecule has 1 fully saturated rings. The normalized spacial score (nSPS) is 25.1. The maximum Gasteiger partial charge on any atom is 0.118 e. The summed E-state index contributed by atoms with van der Waals surface area (Å²) in [5, 5.41) is 0. The van der Waals surface area contributed by atoms with Gasteiger partial charge in [0.15, 0.2) is 0 Å². The molecule has 3 heteroatoms. The molecule has 3 nitrogen and oxygen atoms in total. The number of hydrogen-bond acceptors (Lipinski definition) is 3. The molecule has 2 unspecified atom stereocenters. The maximum absolute atomic E-state index is 5.84. The first-order valence-electron chi connectivity index (χ1n) is 6.78. The van der Waals surface area contributed by atoms with Crippen LogP contribution in [-0.4, -0.2) is 31.6 Å². The van der Waals surface area contributed by atoms with Gasteiger partial charge in [-0.1, -0.05) is 19.1 Å². The Morgan fingerprint density at radius 3 is 2.67 bits per heavy atom. The highest BCUT2D eigenvalue weighted by Crippen LogP contribution is 2.23. The minimum Gasteiger partial charge on any atom is -0.497 e. The summed E-state index contributed by atoms with van der Waals surface area (Å²) in [6.45, 7) is 6.46. The minimum absolute atomic E-state index is 0.650. The molecule has 0 aliphatic carbocycles. The van der Waals surface area contributed by atoms with Crippen LogP contribution in [-0.2, 0) is 6.54 Å². The first-order valence-corrected chi connectivity index (χ1v) is 6.78. The Balaban J connectivity index is 1.92. The molecule has 0 spiro atoms. The van der Waals surface area contributed by atoms with Gasteiger partial charge < -0.3 is 10.5 Å². The van der Waals surface area contributed by atoms with Crippen LogP contribution in [0, 0.1) is 11.8 Å². The topological polar surface area (TPSA) is 38.5 Å². The highest BCUT2D eigenvalue weighted by atomic mass is 16.5. The zero-order valence-corrected chi connectivity index (χ0v) is 11.4. The highest BCUT2D eigenvalue weighted by molar-refractivity contribution is 5.27. The van der Waals surface area contributed by atoms with Gasteiger partial charge in [-0.05, 0) is 49.0 Å². The Hall–Kier alpha value is -1.06. The molecule has 0 radical (unpaired) electrons. The van der Waals surface area contributed by atoms with E-state index in [9.17, 15) is 0 Å². The number of rotatable bonds is 4. The molecule has 1 aliphatic heterocycles. The van der Waals surface area contributed by atoms with E-state index in [1.807, 2.05) is 12.1 Å². The molecule has 2 rings (SSSR count). The van der Waals surface area contributed by atoms with Crippen molar-refractivity contribution in [3.63, 3.8) is 0 Å². The van der Waals surface area contributed by atoms with Crippen LogP contribution in [0.4, 0.5) is 0 Å². The van der Waals surface area contributed by atoms with Crippen LogP contribution in [0.5, 0.6) is 5.75 Å². The van der Waals surface area contributed by atoms with Crippen molar-refractivity contribution in [3.8, 4) is 5.75 Å². The van der Waals surface area contributed by atoms with E-state index in [1.54, 1.807) is 7.11 Å². The summed E-state index contributed by atoms with van der Waals surface area (Å²) in [5.74, 6) is 2.34. The molecule has 1 aromatic rings. The standard InChI is InChI=1S/C15H24N2O/c1-12-7-8-17(11-14(12)9-16)10-13-3-5-15(18-2)6-4-13/h3-6,12,14H,7-11,16H2,1-2H3. The van der Waals surface area contributed by atoms with E-state index in [0.717, 1.165) is 31.3 Å². The largest absolute Gasteiger partial charge is 0.497 e. The van der Waals surface area contributed by atoms with Crippen molar-refractivity contribution in [2.45, 2.75) is 19.9 Å². The molecule has 2 atom stereocenters. The van der Waals surface area contributed by atoms with Gasteiger partial charge in [-0.15, -0.1) is 0 Å². The number of nitrogens with two attached hydrogens (primary N) is 1. The van der Waals surface area contributed by atoms with Crippen molar-refractivity contribution in [2.75, 3.05) is 26.7 Å². The average Bonchev–Trinajstić information content (AvgIpc) is 2.42. The number of ether oxygens (including phenoxy) is 1. The molecular weight excluding hydrogens is 224 g/mol. The predicted octanol–water partition coefficient (Wildman–Crippen LogP) is 2.11.